The molecule has 4 nitrogen and oxygen atoms in total. The van der Waals surface area contributed by atoms with Crippen LogP contribution in [0.3, 0.4) is 0 Å². The summed E-state index contributed by atoms with van der Waals surface area (Å²) in [5, 5.41) is 7.33. The zero-order valence-electron chi connectivity index (χ0n) is 7.83. The van der Waals surface area contributed by atoms with Crippen LogP contribution >= 0.6 is 0 Å². The summed E-state index contributed by atoms with van der Waals surface area (Å²) in [6.07, 6.45) is 1.68. The molecule has 12 heavy (non-hydrogen) atoms. The lowest BCUT2D eigenvalue weighted by Gasteiger charge is -2.08. The third-order valence-corrected chi connectivity index (χ3v) is 1.77. The van der Waals surface area contributed by atoms with Crippen molar-refractivity contribution in [3.63, 3.8) is 0 Å². The zero-order chi connectivity index (χ0) is 9.14. The molecule has 0 bridgehead atoms. The lowest BCUT2D eigenvalue weighted by molar-refractivity contribution is 0.560. The zero-order valence-corrected chi connectivity index (χ0v) is 7.83. The molecule has 0 saturated carbocycles. The Morgan fingerprint density at radius 2 is 2.33 bits per heavy atom. The largest absolute Gasteiger partial charge is 0.396 e. The average molecular weight is 168 g/mol. The van der Waals surface area contributed by atoms with Crippen molar-refractivity contribution in [2.45, 2.75) is 26.4 Å². The molecule has 1 aromatic rings. The van der Waals surface area contributed by atoms with Crippen molar-refractivity contribution < 1.29 is 0 Å². The topological polar surface area (TPSA) is 55.9 Å². The first-order valence-corrected chi connectivity index (χ1v) is 4.11. The molecule has 1 aromatic heterocycles. The second-order valence-corrected chi connectivity index (χ2v) is 3.21. The van der Waals surface area contributed by atoms with Crippen LogP contribution in [0.1, 0.15) is 19.5 Å². The number of nitrogens with zero attached hydrogens (tertiary/aromatic N) is 2. The van der Waals surface area contributed by atoms with E-state index in [1.807, 2.05) is 7.05 Å². The van der Waals surface area contributed by atoms with E-state index in [0.29, 0.717) is 6.04 Å². The van der Waals surface area contributed by atoms with Gasteiger partial charge in [0.05, 0.1) is 17.6 Å². The third-order valence-electron chi connectivity index (χ3n) is 1.77. The number of hydrogen-bond donors (Lipinski definition) is 2. The minimum atomic E-state index is 0.472. The van der Waals surface area contributed by atoms with Gasteiger partial charge in [-0.3, -0.25) is 4.68 Å². The molecule has 0 radical (unpaired) electrons. The molecular weight excluding hydrogens is 152 g/mol. The van der Waals surface area contributed by atoms with Gasteiger partial charge in [0.1, 0.15) is 0 Å². The van der Waals surface area contributed by atoms with Crippen LogP contribution in [0.25, 0.3) is 0 Å². The lowest BCUT2D eigenvalue weighted by atomic mass is 10.3. The highest BCUT2D eigenvalue weighted by Crippen LogP contribution is 2.08. The molecule has 1 rings (SSSR count). The molecule has 3 N–H and O–H groups in total. The van der Waals surface area contributed by atoms with E-state index in [4.69, 9.17) is 5.73 Å². The van der Waals surface area contributed by atoms with E-state index in [0.717, 1.165) is 17.9 Å². The molecule has 0 fully saturated rings. The molecule has 0 aromatic carbocycles. The van der Waals surface area contributed by atoms with E-state index in [9.17, 15) is 0 Å². The summed E-state index contributed by atoms with van der Waals surface area (Å²) in [7, 11) is 1.90. The minimum Gasteiger partial charge on any atom is -0.396 e. The van der Waals surface area contributed by atoms with Gasteiger partial charge in [-0.1, -0.05) is 13.8 Å². The number of aromatic nitrogens is 2. The van der Waals surface area contributed by atoms with Crippen LogP contribution in [0.15, 0.2) is 6.20 Å². The highest BCUT2D eigenvalue weighted by Gasteiger charge is 2.04. The van der Waals surface area contributed by atoms with Crippen LogP contribution in [0.5, 0.6) is 0 Å². The summed E-state index contributed by atoms with van der Waals surface area (Å²) >= 11 is 0. The maximum absolute atomic E-state index is 5.70. The quantitative estimate of drug-likeness (QED) is 0.691. The van der Waals surface area contributed by atoms with Gasteiger partial charge in [-0.15, -0.1) is 0 Å². The fourth-order valence-corrected chi connectivity index (χ4v) is 0.997. The fourth-order valence-electron chi connectivity index (χ4n) is 0.997. The van der Waals surface area contributed by atoms with Crippen LogP contribution in [-0.2, 0) is 13.6 Å². The maximum Gasteiger partial charge on any atom is 0.0748 e. The number of rotatable bonds is 3. The Bertz CT molecular complexity index is 232. The smallest absolute Gasteiger partial charge is 0.0748 e. The highest BCUT2D eigenvalue weighted by molar-refractivity contribution is 5.40. The van der Waals surface area contributed by atoms with E-state index in [-0.39, 0.29) is 0 Å². The highest BCUT2D eigenvalue weighted by atomic mass is 15.3. The van der Waals surface area contributed by atoms with E-state index in [1.54, 1.807) is 10.9 Å². The maximum atomic E-state index is 5.70. The summed E-state index contributed by atoms with van der Waals surface area (Å²) in [5.74, 6) is 0. The van der Waals surface area contributed by atoms with Crippen molar-refractivity contribution in [3.8, 4) is 0 Å². The Morgan fingerprint density at radius 1 is 1.67 bits per heavy atom. The molecule has 0 aliphatic carbocycles. The summed E-state index contributed by atoms with van der Waals surface area (Å²) in [6, 6.07) is 0.472. The second kappa shape index (κ2) is 3.58. The standard InChI is InChI=1S/C8H16N4/c1-6(2)10-5-8-7(9)4-11-12(8)3/h4,6,10H,5,9H2,1-3H3. The van der Waals surface area contributed by atoms with Gasteiger partial charge in [-0.05, 0) is 0 Å². The van der Waals surface area contributed by atoms with Gasteiger partial charge in [-0.2, -0.15) is 5.10 Å². The Balaban J connectivity index is 2.62. The van der Waals surface area contributed by atoms with E-state index in [1.165, 1.54) is 0 Å². The first kappa shape index (κ1) is 9.06. The Hall–Kier alpha value is -1.03. The molecule has 0 unspecified atom stereocenters. The lowest BCUT2D eigenvalue weighted by Crippen LogP contribution is -2.23. The third kappa shape index (κ3) is 1.98. The number of nitrogen functional groups attached to an aromatic ring is 1. The van der Waals surface area contributed by atoms with E-state index < -0.39 is 0 Å². The van der Waals surface area contributed by atoms with Crippen molar-refractivity contribution in [2.75, 3.05) is 5.73 Å². The summed E-state index contributed by atoms with van der Waals surface area (Å²) < 4.78 is 1.80. The monoisotopic (exact) mass is 168 g/mol. The fraction of sp³-hybridized carbons (Fsp3) is 0.625. The Kier molecular flexibility index (Phi) is 2.70. The molecule has 0 amide bonds. The molecule has 0 saturated heterocycles. The molecule has 0 atom stereocenters. The molecular formula is C8H16N4. The van der Waals surface area contributed by atoms with Crippen LogP contribution in [0.2, 0.25) is 0 Å². The molecule has 1 heterocycles. The normalized spacial score (nSPS) is 11.0. The van der Waals surface area contributed by atoms with Gasteiger partial charge in [0.25, 0.3) is 0 Å². The molecule has 68 valence electrons. The molecule has 0 aliphatic heterocycles. The molecule has 0 spiro atoms. The predicted octanol–water partition coefficient (Wildman–Crippen LogP) is 0.500. The summed E-state index contributed by atoms with van der Waals surface area (Å²) in [4.78, 5) is 0. The van der Waals surface area contributed by atoms with Crippen molar-refractivity contribution in [2.24, 2.45) is 7.05 Å². The van der Waals surface area contributed by atoms with Crippen LogP contribution in [-0.4, -0.2) is 15.8 Å². The van der Waals surface area contributed by atoms with E-state index in [2.05, 4.69) is 24.3 Å². The van der Waals surface area contributed by atoms with Gasteiger partial charge < -0.3 is 11.1 Å². The van der Waals surface area contributed by atoms with E-state index >= 15 is 0 Å². The van der Waals surface area contributed by atoms with Gasteiger partial charge >= 0.3 is 0 Å². The Labute approximate surface area is 72.8 Å². The van der Waals surface area contributed by atoms with Crippen molar-refractivity contribution in [3.05, 3.63) is 11.9 Å². The number of aryl methyl sites for hydroxylation is 1. The van der Waals surface area contributed by atoms with Gasteiger partial charge in [-0.25, -0.2) is 0 Å². The van der Waals surface area contributed by atoms with Crippen LogP contribution < -0.4 is 11.1 Å². The van der Waals surface area contributed by atoms with Crippen LogP contribution in [0, 0.1) is 0 Å². The first-order valence-electron chi connectivity index (χ1n) is 4.11. The second-order valence-electron chi connectivity index (χ2n) is 3.21. The summed E-state index contributed by atoms with van der Waals surface area (Å²) in [6.45, 7) is 4.99. The SMILES string of the molecule is CC(C)NCc1c(N)cnn1C. The number of anilines is 1. The number of hydrogen-bond acceptors (Lipinski definition) is 3. The molecule has 4 heteroatoms. The Morgan fingerprint density at radius 3 is 2.75 bits per heavy atom. The number of nitrogens with one attached hydrogen (secondary N) is 1. The average Bonchev–Trinajstić information content (AvgIpc) is 2.28. The van der Waals surface area contributed by atoms with Crippen molar-refractivity contribution in [1.82, 2.24) is 15.1 Å². The molecule has 0 aliphatic rings. The summed E-state index contributed by atoms with van der Waals surface area (Å²) in [5.41, 5.74) is 7.50. The van der Waals surface area contributed by atoms with Gasteiger partial charge in [0, 0.05) is 19.6 Å². The van der Waals surface area contributed by atoms with Crippen molar-refractivity contribution >= 4 is 5.69 Å². The van der Waals surface area contributed by atoms with Crippen molar-refractivity contribution in [1.29, 1.82) is 0 Å². The minimum absolute atomic E-state index is 0.472. The van der Waals surface area contributed by atoms with Gasteiger partial charge in [0.15, 0.2) is 0 Å². The van der Waals surface area contributed by atoms with Crippen LogP contribution in [0.4, 0.5) is 5.69 Å². The van der Waals surface area contributed by atoms with Gasteiger partial charge in [0.2, 0.25) is 0 Å². The first-order chi connectivity index (χ1) is 5.61. The predicted molar refractivity (Wildman–Crippen MR) is 49.6 cm³/mol. The number of nitrogens with two attached hydrogens (primary N) is 1.